The van der Waals surface area contributed by atoms with Gasteiger partial charge in [-0.1, -0.05) is 0 Å². The number of aliphatic carboxylic acids is 1. The number of amides is 1. The number of rotatable bonds is 5. The number of hydrogen-bond donors (Lipinski definition) is 2. The highest BCUT2D eigenvalue weighted by molar-refractivity contribution is 5.82. The van der Waals surface area contributed by atoms with Crippen LogP contribution in [0.2, 0.25) is 0 Å². The third-order valence-corrected chi connectivity index (χ3v) is 4.36. The van der Waals surface area contributed by atoms with Crippen molar-refractivity contribution in [2.75, 3.05) is 0 Å². The lowest BCUT2D eigenvalue weighted by molar-refractivity contribution is -0.142. The van der Waals surface area contributed by atoms with E-state index in [1.165, 1.54) is 0 Å². The van der Waals surface area contributed by atoms with Crippen molar-refractivity contribution in [1.29, 1.82) is 0 Å². The van der Waals surface area contributed by atoms with Gasteiger partial charge in [-0.2, -0.15) is 0 Å². The average molecular weight is 270 g/mol. The maximum atomic E-state index is 12.2. The van der Waals surface area contributed by atoms with Crippen molar-refractivity contribution in [2.24, 2.45) is 5.92 Å². The van der Waals surface area contributed by atoms with Crippen LogP contribution < -0.4 is 5.32 Å². The first-order valence-corrected chi connectivity index (χ1v) is 7.06. The Morgan fingerprint density at radius 3 is 2.05 bits per heavy atom. The molecule has 1 heterocycles. The molecule has 1 rings (SSSR count). The Balaban J connectivity index is 2.60. The standard InChI is InChI=1S/C14H26N2O3/c1-8-6-7-9(2)16(8)12(5)13(17)15-11(4)10(3)14(18)19/h8-12H,6-7H2,1-5H3,(H,15,17)(H,18,19). The molecule has 0 aromatic rings. The molecular formula is C14H26N2O3. The van der Waals surface area contributed by atoms with Crippen molar-refractivity contribution >= 4 is 11.9 Å². The molecule has 19 heavy (non-hydrogen) atoms. The Morgan fingerprint density at radius 2 is 1.63 bits per heavy atom. The molecule has 0 radical (unpaired) electrons. The van der Waals surface area contributed by atoms with Crippen LogP contribution in [0.25, 0.3) is 0 Å². The smallest absolute Gasteiger partial charge is 0.308 e. The highest BCUT2D eigenvalue weighted by Gasteiger charge is 2.35. The highest BCUT2D eigenvalue weighted by atomic mass is 16.4. The van der Waals surface area contributed by atoms with Gasteiger partial charge in [0.15, 0.2) is 0 Å². The van der Waals surface area contributed by atoms with Crippen molar-refractivity contribution in [3.63, 3.8) is 0 Å². The molecule has 1 aliphatic rings. The molecule has 0 spiro atoms. The summed E-state index contributed by atoms with van der Waals surface area (Å²) >= 11 is 0. The number of nitrogens with zero attached hydrogens (tertiary/aromatic N) is 1. The summed E-state index contributed by atoms with van der Waals surface area (Å²) in [7, 11) is 0. The van der Waals surface area contributed by atoms with E-state index in [0.717, 1.165) is 12.8 Å². The molecule has 5 unspecified atom stereocenters. The number of carboxylic acids is 1. The van der Waals surface area contributed by atoms with Gasteiger partial charge in [-0.05, 0) is 47.5 Å². The van der Waals surface area contributed by atoms with Gasteiger partial charge in [0, 0.05) is 18.1 Å². The fourth-order valence-corrected chi connectivity index (χ4v) is 2.80. The summed E-state index contributed by atoms with van der Waals surface area (Å²) in [6, 6.07) is 0.238. The molecular weight excluding hydrogens is 244 g/mol. The van der Waals surface area contributed by atoms with E-state index >= 15 is 0 Å². The van der Waals surface area contributed by atoms with Gasteiger partial charge in [0.05, 0.1) is 12.0 Å². The highest BCUT2D eigenvalue weighted by Crippen LogP contribution is 2.25. The summed E-state index contributed by atoms with van der Waals surface area (Å²) in [5.74, 6) is -1.55. The molecule has 0 aliphatic carbocycles. The normalized spacial score (nSPS) is 28.7. The summed E-state index contributed by atoms with van der Waals surface area (Å²) in [6.07, 6.45) is 2.22. The summed E-state index contributed by atoms with van der Waals surface area (Å²) in [4.78, 5) is 25.3. The monoisotopic (exact) mass is 270 g/mol. The van der Waals surface area contributed by atoms with E-state index in [2.05, 4.69) is 24.1 Å². The third kappa shape index (κ3) is 3.69. The van der Waals surface area contributed by atoms with Crippen molar-refractivity contribution in [3.05, 3.63) is 0 Å². The second kappa shape index (κ2) is 6.37. The zero-order valence-electron chi connectivity index (χ0n) is 12.5. The van der Waals surface area contributed by atoms with Gasteiger partial charge in [-0.3, -0.25) is 14.5 Å². The van der Waals surface area contributed by atoms with E-state index in [4.69, 9.17) is 5.11 Å². The van der Waals surface area contributed by atoms with Crippen LogP contribution in [-0.2, 0) is 9.59 Å². The van der Waals surface area contributed by atoms with Gasteiger partial charge in [0.25, 0.3) is 0 Å². The van der Waals surface area contributed by atoms with Crippen molar-refractivity contribution < 1.29 is 14.7 Å². The van der Waals surface area contributed by atoms with Crippen molar-refractivity contribution in [1.82, 2.24) is 10.2 Å². The van der Waals surface area contributed by atoms with Gasteiger partial charge >= 0.3 is 5.97 Å². The van der Waals surface area contributed by atoms with Crippen LogP contribution in [0.1, 0.15) is 47.5 Å². The maximum Gasteiger partial charge on any atom is 0.308 e. The van der Waals surface area contributed by atoms with Crippen LogP contribution in [0.5, 0.6) is 0 Å². The molecule has 0 saturated carbocycles. The summed E-state index contributed by atoms with van der Waals surface area (Å²) < 4.78 is 0. The quantitative estimate of drug-likeness (QED) is 0.794. The maximum absolute atomic E-state index is 12.2. The molecule has 1 fully saturated rings. The number of likely N-dealkylation sites (tertiary alicyclic amines) is 1. The molecule has 110 valence electrons. The Hall–Kier alpha value is -1.10. The largest absolute Gasteiger partial charge is 0.481 e. The van der Waals surface area contributed by atoms with Gasteiger partial charge in [-0.15, -0.1) is 0 Å². The molecule has 2 N–H and O–H groups in total. The third-order valence-electron chi connectivity index (χ3n) is 4.36. The fraction of sp³-hybridized carbons (Fsp3) is 0.857. The first-order chi connectivity index (χ1) is 8.75. The minimum Gasteiger partial charge on any atom is -0.481 e. The lowest BCUT2D eigenvalue weighted by Crippen LogP contribution is -2.52. The second-order valence-corrected chi connectivity index (χ2v) is 5.82. The molecule has 5 nitrogen and oxygen atoms in total. The predicted octanol–water partition coefficient (Wildman–Crippen LogP) is 1.47. The van der Waals surface area contributed by atoms with E-state index in [9.17, 15) is 9.59 Å². The van der Waals surface area contributed by atoms with Gasteiger partial charge in [0.1, 0.15) is 0 Å². The molecule has 1 aliphatic heterocycles. The van der Waals surface area contributed by atoms with Crippen LogP contribution in [-0.4, -0.2) is 46.1 Å². The molecule has 1 saturated heterocycles. The minimum atomic E-state index is -0.886. The number of carbonyl (C=O) groups is 2. The van der Waals surface area contributed by atoms with Crippen LogP contribution in [0.15, 0.2) is 0 Å². The van der Waals surface area contributed by atoms with E-state index in [-0.39, 0.29) is 18.0 Å². The number of carboxylic acid groups (broad SMARTS) is 1. The topological polar surface area (TPSA) is 69.6 Å². The van der Waals surface area contributed by atoms with Crippen molar-refractivity contribution in [2.45, 2.75) is 71.6 Å². The lowest BCUT2D eigenvalue weighted by atomic mass is 10.0. The lowest BCUT2D eigenvalue weighted by Gasteiger charge is -2.32. The Labute approximate surface area is 115 Å². The van der Waals surface area contributed by atoms with E-state index < -0.39 is 11.9 Å². The number of nitrogens with one attached hydrogen (secondary N) is 1. The van der Waals surface area contributed by atoms with Crippen LogP contribution >= 0.6 is 0 Å². The molecule has 1 amide bonds. The zero-order chi connectivity index (χ0) is 14.7. The summed E-state index contributed by atoms with van der Waals surface area (Å²) in [5.41, 5.74) is 0. The first kappa shape index (κ1) is 16.0. The summed E-state index contributed by atoms with van der Waals surface area (Å²) in [5, 5.41) is 11.8. The summed E-state index contributed by atoms with van der Waals surface area (Å²) in [6.45, 7) is 9.51. The van der Waals surface area contributed by atoms with Gasteiger partial charge in [-0.25, -0.2) is 0 Å². The van der Waals surface area contributed by atoms with E-state index in [0.29, 0.717) is 12.1 Å². The van der Waals surface area contributed by atoms with Gasteiger partial charge in [0.2, 0.25) is 5.91 Å². The van der Waals surface area contributed by atoms with Crippen molar-refractivity contribution in [3.8, 4) is 0 Å². The first-order valence-electron chi connectivity index (χ1n) is 7.06. The molecule has 0 aromatic carbocycles. The number of carbonyl (C=O) groups excluding carboxylic acids is 1. The van der Waals surface area contributed by atoms with Gasteiger partial charge < -0.3 is 10.4 Å². The van der Waals surface area contributed by atoms with Crippen LogP contribution in [0, 0.1) is 5.92 Å². The number of hydrogen-bond acceptors (Lipinski definition) is 3. The van der Waals surface area contributed by atoms with E-state index in [1.54, 1.807) is 13.8 Å². The average Bonchev–Trinajstić information content (AvgIpc) is 2.66. The Morgan fingerprint density at radius 1 is 1.16 bits per heavy atom. The molecule has 5 heteroatoms. The minimum absolute atomic E-state index is 0.0822. The predicted molar refractivity (Wildman–Crippen MR) is 73.9 cm³/mol. The van der Waals surface area contributed by atoms with E-state index in [1.807, 2.05) is 6.92 Å². The van der Waals surface area contributed by atoms with Crippen LogP contribution in [0.3, 0.4) is 0 Å². The second-order valence-electron chi connectivity index (χ2n) is 5.82. The molecule has 0 aromatic heterocycles. The Kier molecular flexibility index (Phi) is 5.35. The fourth-order valence-electron chi connectivity index (χ4n) is 2.80. The SMILES string of the molecule is CC(NC(=O)C(C)N1C(C)CCC1C)C(C)C(=O)O. The molecule has 0 bridgehead atoms. The Bertz CT molecular complexity index is 336. The zero-order valence-corrected chi connectivity index (χ0v) is 12.5. The van der Waals surface area contributed by atoms with Crippen LogP contribution in [0.4, 0.5) is 0 Å². The molecule has 5 atom stereocenters.